The number of hydrogen-bond acceptors (Lipinski definition) is 7. The van der Waals surface area contributed by atoms with Crippen LogP contribution in [-0.4, -0.2) is 40.7 Å². The Labute approximate surface area is 290 Å². The van der Waals surface area contributed by atoms with E-state index >= 15 is 0 Å². The average molecular weight is 724 g/mol. The van der Waals surface area contributed by atoms with Gasteiger partial charge in [0, 0.05) is 17.7 Å². The van der Waals surface area contributed by atoms with Crippen LogP contribution in [0.15, 0.2) is 89.7 Å². The first-order valence-corrected chi connectivity index (χ1v) is 15.6. The molecule has 0 bridgehead atoms. The van der Waals surface area contributed by atoms with Crippen LogP contribution in [0.1, 0.15) is 21.7 Å². The van der Waals surface area contributed by atoms with Crippen molar-refractivity contribution in [1.29, 1.82) is 0 Å². The van der Waals surface area contributed by atoms with Crippen molar-refractivity contribution in [1.82, 2.24) is 9.55 Å². The number of ketones is 1. The highest BCUT2D eigenvalue weighted by Gasteiger charge is 2.17. The van der Waals surface area contributed by atoms with Crippen molar-refractivity contribution in [2.24, 2.45) is 0 Å². The molecular weight excluding hydrogens is 696 g/mol. The molecule has 0 radical (unpaired) electrons. The van der Waals surface area contributed by atoms with E-state index in [0.29, 0.717) is 55.2 Å². The van der Waals surface area contributed by atoms with Gasteiger partial charge in [-0.1, -0.05) is 65.7 Å². The number of carbonyl (C=O) groups excluding carboxylic acids is 2. The molecule has 0 fully saturated rings. The lowest BCUT2D eigenvalue weighted by Gasteiger charge is -2.15. The molecule has 13 heteroatoms. The van der Waals surface area contributed by atoms with Crippen molar-refractivity contribution < 1.29 is 19.1 Å². The number of aromatic nitrogens is 2. The van der Waals surface area contributed by atoms with E-state index < -0.39 is 5.24 Å². The number of nitrogens with zero attached hydrogens (tertiary/aromatic N) is 2. The summed E-state index contributed by atoms with van der Waals surface area (Å²) in [7, 11) is 3.12. The van der Waals surface area contributed by atoms with E-state index in [-0.39, 0.29) is 29.5 Å². The first-order valence-electron chi connectivity index (χ1n) is 13.4. The number of anilines is 1. The normalized spacial score (nSPS) is 10.2. The van der Waals surface area contributed by atoms with E-state index in [4.69, 9.17) is 73.2 Å². The monoisotopic (exact) mass is 721 g/mol. The van der Waals surface area contributed by atoms with Gasteiger partial charge in [0.25, 0.3) is 5.56 Å². The Hall–Kier alpha value is -3.79. The van der Waals surface area contributed by atoms with Gasteiger partial charge < -0.3 is 15.2 Å². The van der Waals surface area contributed by atoms with Gasteiger partial charge in [0.05, 0.1) is 58.2 Å². The van der Waals surface area contributed by atoms with Crippen molar-refractivity contribution in [3.05, 3.63) is 122 Å². The second-order valence-electron chi connectivity index (χ2n) is 9.21. The third-order valence-corrected chi connectivity index (χ3v) is 7.72. The van der Waals surface area contributed by atoms with Crippen molar-refractivity contribution in [2.45, 2.75) is 12.3 Å². The number of nitrogen functional groups attached to an aromatic ring is 1. The minimum Gasteiger partial charge on any atom is -0.496 e. The van der Waals surface area contributed by atoms with E-state index in [0.717, 1.165) is 5.56 Å². The molecule has 0 spiro atoms. The van der Waals surface area contributed by atoms with Gasteiger partial charge in [-0.25, -0.2) is 4.98 Å². The third kappa shape index (κ3) is 9.15. The maximum absolute atomic E-state index is 12.9. The van der Waals surface area contributed by atoms with Gasteiger partial charge in [-0.15, -0.1) is 23.2 Å². The molecule has 0 saturated carbocycles. The molecule has 46 heavy (non-hydrogen) atoms. The molecule has 0 aliphatic carbocycles. The molecule has 2 N–H and O–H groups in total. The number of para-hydroxylation sites is 3. The van der Waals surface area contributed by atoms with E-state index in [2.05, 4.69) is 4.98 Å². The summed E-state index contributed by atoms with van der Waals surface area (Å²) in [5, 5.41) is 0.593. The Morgan fingerprint density at radius 3 is 2.02 bits per heavy atom. The summed E-state index contributed by atoms with van der Waals surface area (Å²) in [5.74, 6) is 1.56. The van der Waals surface area contributed by atoms with Gasteiger partial charge in [0.15, 0.2) is 5.78 Å². The Bertz CT molecular complexity index is 1880. The number of methoxy groups -OCH3 is 2. The summed E-state index contributed by atoms with van der Waals surface area (Å²) >= 11 is 27.7. The summed E-state index contributed by atoms with van der Waals surface area (Å²) in [4.78, 5) is 39.1. The number of halogens is 5. The number of benzene rings is 4. The zero-order valence-electron chi connectivity index (χ0n) is 24.6. The summed E-state index contributed by atoms with van der Waals surface area (Å²) in [6, 6.07) is 24.8. The van der Waals surface area contributed by atoms with Crippen LogP contribution in [0.3, 0.4) is 0 Å². The standard InChI is InChI=1S/C16H12Cl2N2O2.C15H14ClNO2.C2H2Cl2O/c1-22-13-8-3-2-7-12(13)20-14(9-17)19-11-6-4-5-10(18)15(11)16(20)21;1-19-14-8-3-2-5-10(14)9-13(18)15-11(16)6-4-7-12(15)17;3-1-2(4)5/h2-8H,9H2,1H3;2-8H,9,17H2,1H3;1H2. The highest BCUT2D eigenvalue weighted by atomic mass is 35.5. The van der Waals surface area contributed by atoms with Crippen LogP contribution < -0.4 is 20.8 Å². The minimum absolute atomic E-state index is 0.0930. The Balaban J connectivity index is 0.000000221. The topological polar surface area (TPSA) is 114 Å². The first kappa shape index (κ1) is 36.7. The fourth-order valence-electron chi connectivity index (χ4n) is 4.33. The number of carbonyl (C=O) groups is 2. The average Bonchev–Trinajstić information content (AvgIpc) is 3.05. The third-order valence-electron chi connectivity index (χ3n) is 6.34. The number of ether oxygens (including phenoxy) is 2. The van der Waals surface area contributed by atoms with E-state index in [9.17, 15) is 14.4 Å². The van der Waals surface area contributed by atoms with Crippen LogP contribution in [0.4, 0.5) is 5.69 Å². The van der Waals surface area contributed by atoms with Gasteiger partial charge in [-0.3, -0.25) is 19.0 Å². The number of nitrogens with two attached hydrogens (primary N) is 1. The Kier molecular flexibility index (Phi) is 14.2. The van der Waals surface area contributed by atoms with Crippen LogP contribution in [0.25, 0.3) is 16.6 Å². The molecule has 1 aromatic heterocycles. The second-order valence-corrected chi connectivity index (χ2v) is 11.0. The van der Waals surface area contributed by atoms with E-state index in [1.165, 1.54) is 4.57 Å². The molecular formula is C33H28Cl5N3O5. The highest BCUT2D eigenvalue weighted by Crippen LogP contribution is 2.27. The van der Waals surface area contributed by atoms with Crippen LogP contribution in [0, 0.1) is 0 Å². The van der Waals surface area contributed by atoms with Gasteiger partial charge in [0.2, 0.25) is 5.24 Å². The number of hydrogen-bond donors (Lipinski definition) is 1. The number of Topliss-reactive ketones (excluding diaryl/α,β-unsaturated/α-hetero) is 1. The second kappa shape index (κ2) is 17.8. The molecule has 240 valence electrons. The van der Waals surface area contributed by atoms with Gasteiger partial charge in [-0.2, -0.15) is 0 Å². The first-order chi connectivity index (χ1) is 22.1. The molecule has 1 heterocycles. The summed E-state index contributed by atoms with van der Waals surface area (Å²) in [6.45, 7) is 0. The zero-order chi connectivity index (χ0) is 33.8. The zero-order valence-corrected chi connectivity index (χ0v) is 28.4. The number of fused-ring (bicyclic) bond motifs is 1. The smallest absolute Gasteiger partial charge is 0.267 e. The Morgan fingerprint density at radius 2 is 1.41 bits per heavy atom. The van der Waals surface area contributed by atoms with Crippen LogP contribution >= 0.6 is 58.0 Å². The molecule has 0 atom stereocenters. The van der Waals surface area contributed by atoms with Crippen molar-refractivity contribution in [3.63, 3.8) is 0 Å². The lowest BCUT2D eigenvalue weighted by molar-refractivity contribution is -0.109. The largest absolute Gasteiger partial charge is 0.496 e. The predicted octanol–water partition coefficient (Wildman–Crippen LogP) is 8.13. The van der Waals surface area contributed by atoms with Crippen molar-refractivity contribution in [2.75, 3.05) is 25.8 Å². The van der Waals surface area contributed by atoms with Gasteiger partial charge >= 0.3 is 0 Å². The van der Waals surface area contributed by atoms with Crippen molar-refractivity contribution in [3.8, 4) is 17.2 Å². The number of alkyl halides is 2. The molecule has 0 aliphatic heterocycles. The maximum Gasteiger partial charge on any atom is 0.267 e. The fraction of sp³-hybridized carbons (Fsp3) is 0.152. The maximum atomic E-state index is 12.9. The summed E-state index contributed by atoms with van der Waals surface area (Å²) < 4.78 is 12.0. The molecule has 5 aromatic rings. The van der Waals surface area contributed by atoms with E-state index in [1.807, 2.05) is 36.4 Å². The van der Waals surface area contributed by atoms with Gasteiger partial charge in [-0.05, 0) is 54.1 Å². The summed E-state index contributed by atoms with van der Waals surface area (Å²) in [5.41, 5.74) is 8.23. The minimum atomic E-state index is -0.508. The molecule has 5 rings (SSSR count). The number of rotatable bonds is 8. The van der Waals surface area contributed by atoms with Crippen LogP contribution in [-0.2, 0) is 17.1 Å². The van der Waals surface area contributed by atoms with E-state index in [1.54, 1.807) is 62.8 Å². The summed E-state index contributed by atoms with van der Waals surface area (Å²) in [6.07, 6.45) is 0.206. The molecule has 4 aromatic carbocycles. The highest BCUT2D eigenvalue weighted by molar-refractivity contribution is 6.67. The molecule has 0 unspecified atom stereocenters. The quantitative estimate of drug-likeness (QED) is 0.0745. The fourth-order valence-corrected chi connectivity index (χ4v) is 5.05. The van der Waals surface area contributed by atoms with Crippen LogP contribution in [0.5, 0.6) is 11.5 Å². The molecule has 0 amide bonds. The van der Waals surface area contributed by atoms with Gasteiger partial charge in [0.1, 0.15) is 17.3 Å². The SMILES string of the molecule is COc1ccccc1-n1c(CCl)nc2cccc(Cl)c2c1=O.COc1ccccc1CC(=O)c1c(N)cccc1Cl.O=C(Cl)CCl. The molecule has 0 aliphatic rings. The van der Waals surface area contributed by atoms with Crippen LogP contribution in [0.2, 0.25) is 10.0 Å². The van der Waals surface area contributed by atoms with Crippen molar-refractivity contribution >= 4 is 85.6 Å². The predicted molar refractivity (Wildman–Crippen MR) is 187 cm³/mol. The lowest BCUT2D eigenvalue weighted by Crippen LogP contribution is -2.24. The lowest BCUT2D eigenvalue weighted by atomic mass is 10.0. The Morgan fingerprint density at radius 1 is 0.826 bits per heavy atom. The molecule has 0 saturated heterocycles. The molecule has 8 nitrogen and oxygen atoms in total.